The van der Waals surface area contributed by atoms with E-state index in [0.29, 0.717) is 26.1 Å². The summed E-state index contributed by atoms with van der Waals surface area (Å²) in [6.45, 7) is 1.88. The number of nitrogens with two attached hydrogens (primary N) is 1. The molecule has 1 aliphatic heterocycles. The minimum Gasteiger partial charge on any atom is -0.465 e. The van der Waals surface area contributed by atoms with Crippen LogP contribution in [0, 0.1) is 0 Å². The van der Waals surface area contributed by atoms with Crippen molar-refractivity contribution >= 4 is 23.9 Å². The Bertz CT molecular complexity index is 953. The maximum atomic E-state index is 12.2. The second-order valence-electron chi connectivity index (χ2n) is 8.62. The summed E-state index contributed by atoms with van der Waals surface area (Å²) in [6.07, 6.45) is 0.852. The number of carbonyl (C=O) groups is 2. The summed E-state index contributed by atoms with van der Waals surface area (Å²) >= 11 is 1.58. The quantitative estimate of drug-likeness (QED) is 0.381. The largest absolute Gasteiger partial charge is 0.465 e. The van der Waals surface area contributed by atoms with Crippen LogP contribution in [0.2, 0.25) is 0 Å². The number of unbranched alkanes of at least 4 members (excludes halogenated alkanes) is 1. The van der Waals surface area contributed by atoms with Gasteiger partial charge in [-0.2, -0.15) is 0 Å². The minimum atomic E-state index is -0.959. The Morgan fingerprint density at radius 3 is 2.44 bits per heavy atom. The van der Waals surface area contributed by atoms with Crippen LogP contribution in [0.1, 0.15) is 36.3 Å². The number of hydrogen-bond donors (Lipinski definition) is 4. The molecule has 2 atom stereocenters. The molecule has 4 rings (SSSR count). The topological polar surface area (TPSA) is 117 Å². The van der Waals surface area contributed by atoms with Gasteiger partial charge in [0.25, 0.3) is 0 Å². The number of rotatable bonds is 10. The van der Waals surface area contributed by atoms with Crippen LogP contribution in [0.15, 0.2) is 48.5 Å². The highest BCUT2D eigenvalue weighted by Crippen LogP contribution is 2.44. The normalized spacial score (nSPS) is 17.6. The van der Waals surface area contributed by atoms with Crippen molar-refractivity contribution in [2.75, 3.05) is 32.0 Å². The number of alkyl carbamates (subject to hydrolysis) is 1. The van der Waals surface area contributed by atoms with Gasteiger partial charge in [0.1, 0.15) is 12.1 Å². The fraction of sp³-hybridized carbons (Fsp3) is 0.440. The second kappa shape index (κ2) is 11.6. The summed E-state index contributed by atoms with van der Waals surface area (Å²) in [5.74, 6) is 0.937. The fourth-order valence-corrected chi connectivity index (χ4v) is 5.65. The van der Waals surface area contributed by atoms with Crippen LogP contribution >= 0.6 is 11.8 Å². The van der Waals surface area contributed by atoms with Crippen molar-refractivity contribution in [3.05, 3.63) is 59.7 Å². The zero-order valence-electron chi connectivity index (χ0n) is 19.1. The van der Waals surface area contributed by atoms with E-state index >= 15 is 0 Å². The molecule has 8 nitrogen and oxygen atoms in total. The molecule has 34 heavy (non-hydrogen) atoms. The van der Waals surface area contributed by atoms with E-state index in [2.05, 4.69) is 34.9 Å². The molecule has 9 heteroatoms. The molecule has 2 amide bonds. The number of nitrogens with zero attached hydrogens (tertiary/aromatic N) is 1. The molecule has 0 saturated carbocycles. The lowest BCUT2D eigenvalue weighted by atomic mass is 9.98. The number of benzene rings is 2. The molecule has 2 aromatic rings. The third-order valence-corrected chi connectivity index (χ3v) is 7.45. The lowest BCUT2D eigenvalue weighted by molar-refractivity contribution is 0.132. The van der Waals surface area contributed by atoms with Crippen molar-refractivity contribution in [2.45, 2.75) is 36.7 Å². The Labute approximate surface area is 204 Å². The molecule has 2 aromatic carbocycles. The average Bonchev–Trinajstić information content (AvgIpc) is 3.47. The number of carbonyl (C=O) groups excluding carboxylic acids is 1. The van der Waals surface area contributed by atoms with Gasteiger partial charge < -0.3 is 20.9 Å². The molecule has 1 heterocycles. The first-order chi connectivity index (χ1) is 16.5. The van der Waals surface area contributed by atoms with Gasteiger partial charge in [-0.15, -0.1) is 11.8 Å². The zero-order chi connectivity index (χ0) is 23.9. The van der Waals surface area contributed by atoms with E-state index in [1.165, 1.54) is 27.2 Å². The summed E-state index contributed by atoms with van der Waals surface area (Å²) < 4.78 is 5.55. The zero-order valence-corrected chi connectivity index (χ0v) is 19.9. The highest BCUT2D eigenvalue weighted by Gasteiger charge is 2.29. The molecular formula is C25H32N4O4S. The monoisotopic (exact) mass is 484 g/mol. The van der Waals surface area contributed by atoms with Crippen molar-refractivity contribution in [2.24, 2.45) is 5.73 Å². The maximum absolute atomic E-state index is 12.2. The van der Waals surface area contributed by atoms with E-state index in [0.717, 1.165) is 25.1 Å². The van der Waals surface area contributed by atoms with E-state index in [-0.39, 0.29) is 17.5 Å². The summed E-state index contributed by atoms with van der Waals surface area (Å²) in [7, 11) is 0. The van der Waals surface area contributed by atoms with Crippen molar-refractivity contribution in [1.29, 1.82) is 0 Å². The Kier molecular flexibility index (Phi) is 8.31. The van der Waals surface area contributed by atoms with Crippen LogP contribution in [0.4, 0.5) is 9.59 Å². The van der Waals surface area contributed by atoms with Crippen molar-refractivity contribution < 1.29 is 19.4 Å². The van der Waals surface area contributed by atoms with Crippen LogP contribution in [0.3, 0.4) is 0 Å². The standard InChI is InChI=1S/C25H32N4O4S/c26-17(15-29(25(31)32)23-27-13-14-34-23)7-5-6-12-28-24(30)33-16-22-20-10-3-1-8-18(20)19-9-2-4-11-21(19)22/h1-4,8-11,17,22-23,27H,5-7,12-16,26H2,(H,28,30)(H,31,32)/t17-,23-/m0/s1. The molecule has 0 spiro atoms. The predicted octanol–water partition coefficient (Wildman–Crippen LogP) is 3.62. The van der Waals surface area contributed by atoms with Crippen LogP contribution in [0.25, 0.3) is 11.1 Å². The lowest BCUT2D eigenvalue weighted by Gasteiger charge is -2.28. The molecule has 0 unspecified atom stereocenters. The minimum absolute atomic E-state index is 0.0425. The van der Waals surface area contributed by atoms with Gasteiger partial charge in [-0.1, -0.05) is 55.0 Å². The molecule has 5 N–H and O–H groups in total. The van der Waals surface area contributed by atoms with Gasteiger partial charge in [-0.25, -0.2) is 9.59 Å². The molecule has 2 aliphatic rings. The number of carboxylic acid groups (broad SMARTS) is 1. The van der Waals surface area contributed by atoms with Gasteiger partial charge in [-0.3, -0.25) is 10.2 Å². The third-order valence-electron chi connectivity index (χ3n) is 6.27. The van der Waals surface area contributed by atoms with Gasteiger partial charge in [0.2, 0.25) is 0 Å². The number of amides is 2. The first kappa shape index (κ1) is 24.4. The molecule has 182 valence electrons. The van der Waals surface area contributed by atoms with Gasteiger partial charge in [0, 0.05) is 37.3 Å². The molecule has 0 bridgehead atoms. The molecule has 0 radical (unpaired) electrons. The SMILES string of the molecule is N[C@@H](CCCCNC(=O)OCC1c2ccccc2-c2ccccc21)CN(C(=O)O)[C@@H]1NCCS1. The van der Waals surface area contributed by atoms with E-state index in [1.54, 1.807) is 11.8 Å². The third kappa shape index (κ3) is 5.84. The Balaban J connectivity index is 1.15. The van der Waals surface area contributed by atoms with Crippen molar-refractivity contribution in [1.82, 2.24) is 15.5 Å². The fourth-order valence-electron chi connectivity index (χ4n) is 4.60. The molecule has 0 aromatic heterocycles. The van der Waals surface area contributed by atoms with E-state index in [9.17, 15) is 14.7 Å². The Morgan fingerprint density at radius 1 is 1.15 bits per heavy atom. The highest BCUT2D eigenvalue weighted by atomic mass is 32.2. The summed E-state index contributed by atoms with van der Waals surface area (Å²) in [5, 5.41) is 15.4. The maximum Gasteiger partial charge on any atom is 0.409 e. The number of ether oxygens (including phenoxy) is 1. The van der Waals surface area contributed by atoms with E-state index < -0.39 is 12.2 Å². The molecule has 1 aliphatic carbocycles. The Hall–Kier alpha value is -2.75. The number of hydrogen-bond acceptors (Lipinski definition) is 6. The van der Waals surface area contributed by atoms with Crippen molar-refractivity contribution in [3.63, 3.8) is 0 Å². The summed E-state index contributed by atoms with van der Waals surface area (Å²) in [4.78, 5) is 25.1. The van der Waals surface area contributed by atoms with Gasteiger partial charge in [0.15, 0.2) is 0 Å². The lowest BCUT2D eigenvalue weighted by Crippen LogP contribution is -2.48. The predicted molar refractivity (Wildman–Crippen MR) is 134 cm³/mol. The summed E-state index contributed by atoms with van der Waals surface area (Å²) in [5.41, 5.74) is 10.7. The van der Waals surface area contributed by atoms with Gasteiger partial charge >= 0.3 is 12.2 Å². The van der Waals surface area contributed by atoms with Gasteiger partial charge in [0.05, 0.1) is 0 Å². The van der Waals surface area contributed by atoms with Crippen LogP contribution < -0.4 is 16.4 Å². The van der Waals surface area contributed by atoms with Crippen LogP contribution in [-0.4, -0.2) is 65.7 Å². The van der Waals surface area contributed by atoms with Crippen LogP contribution in [0.5, 0.6) is 0 Å². The van der Waals surface area contributed by atoms with Gasteiger partial charge in [-0.05, 0) is 35.1 Å². The number of nitrogens with one attached hydrogen (secondary N) is 2. The molecule has 1 fully saturated rings. The van der Waals surface area contributed by atoms with Crippen LogP contribution in [-0.2, 0) is 4.74 Å². The first-order valence-electron chi connectivity index (χ1n) is 11.7. The molecule has 1 saturated heterocycles. The highest BCUT2D eigenvalue weighted by molar-refractivity contribution is 8.00. The summed E-state index contributed by atoms with van der Waals surface area (Å²) in [6, 6.07) is 16.3. The first-order valence-corrected chi connectivity index (χ1v) is 12.8. The second-order valence-corrected chi connectivity index (χ2v) is 9.81. The number of thioether (sulfide) groups is 1. The van der Waals surface area contributed by atoms with E-state index in [1.807, 2.05) is 24.3 Å². The smallest absolute Gasteiger partial charge is 0.409 e. The Morgan fingerprint density at radius 2 is 1.82 bits per heavy atom. The van der Waals surface area contributed by atoms with E-state index in [4.69, 9.17) is 10.5 Å². The van der Waals surface area contributed by atoms with Crippen molar-refractivity contribution in [3.8, 4) is 11.1 Å². The average molecular weight is 485 g/mol. The molecular weight excluding hydrogens is 452 g/mol. The number of fused-ring (bicyclic) bond motifs is 3.